The first-order valence-electron chi connectivity index (χ1n) is 6.61. The fourth-order valence-corrected chi connectivity index (χ4v) is 4.37. The molecule has 3 N–H and O–H groups in total. The van der Waals surface area contributed by atoms with Crippen LogP contribution in [0.4, 0.5) is 0 Å². The predicted octanol–water partition coefficient (Wildman–Crippen LogP) is 1.92. The van der Waals surface area contributed by atoms with Gasteiger partial charge < -0.3 is 5.73 Å². The minimum atomic E-state index is -3.69. The van der Waals surface area contributed by atoms with Gasteiger partial charge in [-0.2, -0.15) is 11.8 Å². The zero-order valence-electron chi connectivity index (χ0n) is 12.4. The minimum Gasteiger partial charge on any atom is -0.388 e. The summed E-state index contributed by atoms with van der Waals surface area (Å²) in [6.45, 7) is 4.47. The highest BCUT2D eigenvalue weighted by atomic mass is 32.2. The Morgan fingerprint density at radius 2 is 2.10 bits per heavy atom. The second kappa shape index (κ2) is 7.53. The molecule has 0 radical (unpaired) electrons. The molecule has 0 spiro atoms. The molecule has 0 aliphatic rings. The number of nitrogens with two attached hydrogens (primary N) is 1. The molecule has 0 unspecified atom stereocenters. The van der Waals surface area contributed by atoms with Gasteiger partial charge in [0.05, 0.1) is 0 Å². The number of nitrogens with one attached hydrogen (secondary N) is 1. The molecule has 0 bridgehead atoms. The van der Waals surface area contributed by atoms with Crippen molar-refractivity contribution in [3.05, 3.63) is 24.0 Å². The van der Waals surface area contributed by atoms with Crippen LogP contribution in [0.15, 0.2) is 23.2 Å². The zero-order chi connectivity index (χ0) is 16.1. The van der Waals surface area contributed by atoms with Crippen LogP contribution in [-0.2, 0) is 10.0 Å². The highest BCUT2D eigenvalue weighted by Gasteiger charge is 2.28. The molecular weight excluding hydrogens is 326 g/mol. The van der Waals surface area contributed by atoms with E-state index < -0.39 is 10.0 Å². The van der Waals surface area contributed by atoms with Crippen LogP contribution in [0.25, 0.3) is 0 Å². The number of nitrogens with zero attached hydrogens (tertiary/aromatic N) is 1. The lowest BCUT2D eigenvalue weighted by molar-refractivity contribution is 0.522. The fraction of sp³-hybridized carbons (Fsp3) is 0.538. The van der Waals surface area contributed by atoms with E-state index in [4.69, 9.17) is 18.0 Å². The Labute approximate surface area is 136 Å². The molecule has 0 aromatic carbocycles. The molecule has 1 aromatic heterocycles. The third-order valence-corrected chi connectivity index (χ3v) is 6.81. The third-order valence-electron chi connectivity index (χ3n) is 3.60. The topological polar surface area (TPSA) is 85.1 Å². The van der Waals surface area contributed by atoms with E-state index in [2.05, 4.69) is 23.6 Å². The summed E-state index contributed by atoms with van der Waals surface area (Å²) in [7, 11) is -3.69. The average molecular weight is 348 g/mol. The SMILES string of the molecule is CCC(CC)(CNS(=O)(=O)c1cccnc1C(N)=S)SC. The van der Waals surface area contributed by atoms with Gasteiger partial charge in [0.2, 0.25) is 10.0 Å². The summed E-state index contributed by atoms with van der Waals surface area (Å²) in [5, 5.41) is 0. The Hall–Kier alpha value is -0.700. The Morgan fingerprint density at radius 3 is 2.57 bits per heavy atom. The number of hydrogen-bond acceptors (Lipinski definition) is 5. The fourth-order valence-electron chi connectivity index (χ4n) is 1.96. The molecule has 1 heterocycles. The first-order chi connectivity index (χ1) is 9.82. The Morgan fingerprint density at radius 1 is 1.48 bits per heavy atom. The molecule has 0 saturated heterocycles. The number of thiocarbonyl (C=S) groups is 1. The second-order valence-corrected chi connectivity index (χ2v) is 8.08. The summed E-state index contributed by atoms with van der Waals surface area (Å²) in [4.78, 5) is 3.96. The maximum Gasteiger partial charge on any atom is 0.242 e. The quantitative estimate of drug-likeness (QED) is 0.699. The van der Waals surface area contributed by atoms with Crippen molar-refractivity contribution in [1.82, 2.24) is 9.71 Å². The summed E-state index contributed by atoms with van der Waals surface area (Å²) in [6.07, 6.45) is 5.22. The maximum atomic E-state index is 12.5. The van der Waals surface area contributed by atoms with Crippen molar-refractivity contribution in [3.63, 3.8) is 0 Å². The van der Waals surface area contributed by atoms with E-state index in [0.29, 0.717) is 6.54 Å². The Balaban J connectivity index is 3.06. The van der Waals surface area contributed by atoms with Crippen LogP contribution >= 0.6 is 24.0 Å². The lowest BCUT2D eigenvalue weighted by Crippen LogP contribution is -2.40. The number of hydrogen-bond donors (Lipinski definition) is 2. The number of rotatable bonds is 8. The molecule has 5 nitrogen and oxygen atoms in total. The van der Waals surface area contributed by atoms with Gasteiger partial charge in [-0.1, -0.05) is 26.1 Å². The summed E-state index contributed by atoms with van der Waals surface area (Å²) in [6, 6.07) is 3.01. The van der Waals surface area contributed by atoms with Gasteiger partial charge in [-0.15, -0.1) is 0 Å². The maximum absolute atomic E-state index is 12.5. The van der Waals surface area contributed by atoms with Gasteiger partial charge in [0.25, 0.3) is 0 Å². The number of pyridine rings is 1. The van der Waals surface area contributed by atoms with Gasteiger partial charge in [0.15, 0.2) is 0 Å². The molecule has 0 aliphatic carbocycles. The van der Waals surface area contributed by atoms with Crippen molar-refractivity contribution in [2.45, 2.75) is 36.3 Å². The first-order valence-corrected chi connectivity index (χ1v) is 9.73. The lowest BCUT2D eigenvalue weighted by Gasteiger charge is -2.29. The van der Waals surface area contributed by atoms with Crippen LogP contribution in [0.2, 0.25) is 0 Å². The molecule has 8 heteroatoms. The average Bonchev–Trinajstić information content (AvgIpc) is 2.49. The normalized spacial score (nSPS) is 12.3. The van der Waals surface area contributed by atoms with E-state index in [1.165, 1.54) is 12.3 Å². The van der Waals surface area contributed by atoms with E-state index >= 15 is 0 Å². The monoisotopic (exact) mass is 347 g/mol. The van der Waals surface area contributed by atoms with E-state index in [1.807, 2.05) is 6.26 Å². The molecule has 21 heavy (non-hydrogen) atoms. The Kier molecular flexibility index (Phi) is 6.58. The molecule has 118 valence electrons. The Bertz CT molecular complexity index is 590. The molecule has 0 fully saturated rings. The van der Waals surface area contributed by atoms with Gasteiger partial charge >= 0.3 is 0 Å². The van der Waals surface area contributed by atoms with Gasteiger partial charge in [-0.25, -0.2) is 13.1 Å². The van der Waals surface area contributed by atoms with Crippen molar-refractivity contribution >= 4 is 39.0 Å². The number of thioether (sulfide) groups is 1. The highest BCUT2D eigenvalue weighted by Crippen LogP contribution is 2.30. The van der Waals surface area contributed by atoms with Crippen LogP contribution in [0, 0.1) is 0 Å². The van der Waals surface area contributed by atoms with Crippen molar-refractivity contribution in [2.75, 3.05) is 12.8 Å². The molecule has 1 aromatic rings. The van der Waals surface area contributed by atoms with Crippen molar-refractivity contribution in [1.29, 1.82) is 0 Å². The predicted molar refractivity (Wildman–Crippen MR) is 92.1 cm³/mol. The van der Waals surface area contributed by atoms with Crippen LogP contribution in [0.1, 0.15) is 32.4 Å². The van der Waals surface area contributed by atoms with Gasteiger partial charge in [-0.05, 0) is 31.2 Å². The summed E-state index contributed by atoms with van der Waals surface area (Å²) in [5.74, 6) is 0. The van der Waals surface area contributed by atoms with Crippen LogP contribution in [0.5, 0.6) is 0 Å². The van der Waals surface area contributed by atoms with E-state index in [-0.39, 0.29) is 20.3 Å². The van der Waals surface area contributed by atoms with Crippen LogP contribution in [-0.4, -0.2) is 35.9 Å². The molecule has 0 atom stereocenters. The summed E-state index contributed by atoms with van der Waals surface area (Å²) < 4.78 is 27.5. The van der Waals surface area contributed by atoms with Crippen LogP contribution in [0.3, 0.4) is 0 Å². The van der Waals surface area contributed by atoms with Crippen molar-refractivity contribution in [3.8, 4) is 0 Å². The van der Waals surface area contributed by atoms with Gasteiger partial charge in [-0.3, -0.25) is 4.98 Å². The van der Waals surface area contributed by atoms with E-state index in [1.54, 1.807) is 17.8 Å². The van der Waals surface area contributed by atoms with E-state index in [9.17, 15) is 8.42 Å². The molecule has 0 saturated carbocycles. The lowest BCUT2D eigenvalue weighted by atomic mass is 10.0. The number of aromatic nitrogens is 1. The second-order valence-electron chi connectivity index (χ2n) is 4.63. The van der Waals surface area contributed by atoms with Crippen LogP contribution < -0.4 is 10.5 Å². The summed E-state index contributed by atoms with van der Waals surface area (Å²) in [5.41, 5.74) is 5.67. The first kappa shape index (κ1) is 18.3. The van der Waals surface area contributed by atoms with Crippen molar-refractivity contribution in [2.24, 2.45) is 5.73 Å². The number of sulfonamides is 1. The molecule has 1 rings (SSSR count). The standard InChI is InChI=1S/C13H21N3O2S3/c1-4-13(5-2,20-3)9-16-21(17,18)10-7-6-8-15-11(10)12(14)19/h6-8,16H,4-5,9H2,1-3H3,(H2,14,19). The third kappa shape index (κ3) is 4.38. The van der Waals surface area contributed by atoms with Gasteiger partial charge in [0, 0.05) is 17.5 Å². The van der Waals surface area contributed by atoms with Gasteiger partial charge in [0.1, 0.15) is 15.6 Å². The minimum absolute atomic E-state index is 0.0275. The largest absolute Gasteiger partial charge is 0.388 e. The summed E-state index contributed by atoms with van der Waals surface area (Å²) >= 11 is 6.53. The molecular formula is C13H21N3O2S3. The highest BCUT2D eigenvalue weighted by molar-refractivity contribution is 8.00. The molecule has 0 aliphatic heterocycles. The smallest absolute Gasteiger partial charge is 0.242 e. The zero-order valence-corrected chi connectivity index (χ0v) is 14.9. The van der Waals surface area contributed by atoms with E-state index in [0.717, 1.165) is 12.8 Å². The molecule has 0 amide bonds. The van der Waals surface area contributed by atoms with Crippen molar-refractivity contribution < 1.29 is 8.42 Å².